The van der Waals surface area contributed by atoms with E-state index in [1.54, 1.807) is 0 Å². The van der Waals surface area contributed by atoms with Crippen molar-refractivity contribution in [2.24, 2.45) is 0 Å². The number of rotatable bonds is 2. The fraction of sp³-hybridized carbons (Fsp3) is 0.286. The number of aromatic nitrogens is 1. The maximum absolute atomic E-state index is 6.11. The molecule has 0 fully saturated rings. The molecule has 3 heteroatoms. The molecule has 2 rings (SSSR count). The highest BCUT2D eigenvalue weighted by molar-refractivity contribution is 8.22. The average molecular weight is 263 g/mol. The number of hydrogen-bond acceptors (Lipinski definition) is 1. The van der Waals surface area contributed by atoms with Crippen molar-refractivity contribution in [3.63, 3.8) is 0 Å². The Kier molecular flexibility index (Phi) is 3.29. The molecule has 1 nitrogen and oxygen atoms in total. The average Bonchev–Trinajstić information content (AvgIpc) is 2.81. The van der Waals surface area contributed by atoms with Crippen LogP contribution in [0, 0.1) is 0 Å². The molecule has 17 heavy (non-hydrogen) atoms. The summed E-state index contributed by atoms with van der Waals surface area (Å²) in [5, 5.41) is 1.36. The van der Waals surface area contributed by atoms with Gasteiger partial charge in [-0.2, -0.15) is 0 Å². The van der Waals surface area contributed by atoms with E-state index in [2.05, 4.69) is 56.1 Å². The van der Waals surface area contributed by atoms with E-state index in [0.29, 0.717) is 0 Å². The highest BCUT2D eigenvalue weighted by Gasteiger charge is 2.35. The second-order valence-electron chi connectivity index (χ2n) is 5.17. The standard InChI is InChI=1S/C14H18NPS/c1-14(2,3)16(17,13-10-7-11-15-13)12-8-5-4-6-9-12/h4-11,15H,1-3H3/t16-/m1/s1. The fourth-order valence-corrected chi connectivity index (χ4v) is 5.67. The molecule has 0 radical (unpaired) electrons. The van der Waals surface area contributed by atoms with Gasteiger partial charge in [0.1, 0.15) is 0 Å². The predicted octanol–water partition coefficient (Wildman–Crippen LogP) is 3.24. The van der Waals surface area contributed by atoms with Crippen LogP contribution in [-0.2, 0) is 11.8 Å². The minimum atomic E-state index is -1.78. The van der Waals surface area contributed by atoms with Crippen molar-refractivity contribution in [3.8, 4) is 0 Å². The number of aromatic amines is 1. The molecule has 1 aromatic heterocycles. The van der Waals surface area contributed by atoms with Gasteiger partial charge in [0.15, 0.2) is 0 Å². The summed E-state index contributed by atoms with van der Waals surface area (Å²) in [5.41, 5.74) is 1.20. The minimum absolute atomic E-state index is 0.0779. The Morgan fingerprint density at radius 3 is 2.12 bits per heavy atom. The summed E-state index contributed by atoms with van der Waals surface area (Å²) in [5.74, 6) is 0. The molecule has 0 aliphatic rings. The molecule has 1 heterocycles. The Bertz CT molecular complexity index is 523. The van der Waals surface area contributed by atoms with Gasteiger partial charge in [0.2, 0.25) is 0 Å². The van der Waals surface area contributed by atoms with Gasteiger partial charge in [-0.25, -0.2) is 0 Å². The molecule has 2 aromatic rings. The minimum Gasteiger partial charge on any atom is -0.360 e. The lowest BCUT2D eigenvalue weighted by molar-refractivity contribution is 0.791. The van der Waals surface area contributed by atoms with Crippen molar-refractivity contribution in [3.05, 3.63) is 48.7 Å². The van der Waals surface area contributed by atoms with Gasteiger partial charge in [-0.3, -0.25) is 0 Å². The molecule has 0 aliphatic carbocycles. The topological polar surface area (TPSA) is 15.8 Å². The van der Waals surface area contributed by atoms with Crippen LogP contribution >= 0.6 is 6.04 Å². The molecule has 1 N–H and O–H groups in total. The van der Waals surface area contributed by atoms with Crippen LogP contribution < -0.4 is 10.7 Å². The zero-order chi connectivity index (χ0) is 12.5. The van der Waals surface area contributed by atoms with E-state index in [1.807, 2.05) is 18.3 Å². The maximum atomic E-state index is 6.11. The van der Waals surface area contributed by atoms with Crippen LogP contribution in [0.3, 0.4) is 0 Å². The van der Waals surface area contributed by atoms with Gasteiger partial charge in [0.05, 0.1) is 5.44 Å². The van der Waals surface area contributed by atoms with Gasteiger partial charge < -0.3 is 4.98 Å². The molecule has 1 aromatic carbocycles. The van der Waals surface area contributed by atoms with Crippen molar-refractivity contribution >= 4 is 28.6 Å². The summed E-state index contributed by atoms with van der Waals surface area (Å²) >= 11 is 6.11. The first-order valence-electron chi connectivity index (χ1n) is 5.76. The van der Waals surface area contributed by atoms with Gasteiger partial charge in [0.25, 0.3) is 0 Å². The summed E-state index contributed by atoms with van der Waals surface area (Å²) < 4.78 is 0. The zero-order valence-corrected chi connectivity index (χ0v) is 12.2. The molecular weight excluding hydrogens is 245 g/mol. The normalized spacial score (nSPS) is 15.5. The molecule has 1 atom stereocenters. The molecule has 0 amide bonds. The molecule has 0 aliphatic heterocycles. The summed E-state index contributed by atoms with van der Waals surface area (Å²) in [7, 11) is 0. The van der Waals surface area contributed by atoms with Crippen LogP contribution in [0.2, 0.25) is 0 Å². The van der Waals surface area contributed by atoms with Crippen LogP contribution in [-0.4, -0.2) is 10.1 Å². The van der Waals surface area contributed by atoms with Crippen molar-refractivity contribution in [2.45, 2.75) is 25.9 Å². The number of nitrogens with one attached hydrogen (secondary N) is 1. The Balaban J connectivity index is 2.66. The van der Waals surface area contributed by atoms with Crippen molar-refractivity contribution in [2.75, 3.05) is 0 Å². The molecule has 0 spiro atoms. The Labute approximate surface area is 108 Å². The van der Waals surface area contributed by atoms with Crippen LogP contribution in [0.25, 0.3) is 0 Å². The van der Waals surface area contributed by atoms with E-state index < -0.39 is 6.04 Å². The van der Waals surface area contributed by atoms with Crippen LogP contribution in [0.5, 0.6) is 0 Å². The smallest absolute Gasteiger partial charge is 0.0532 e. The van der Waals surface area contributed by atoms with Crippen LogP contribution in [0.4, 0.5) is 0 Å². The summed E-state index contributed by atoms with van der Waals surface area (Å²) in [6.45, 7) is 6.71. The first kappa shape index (κ1) is 12.6. The third-order valence-electron chi connectivity index (χ3n) is 2.99. The van der Waals surface area contributed by atoms with Crippen LogP contribution in [0.15, 0.2) is 48.7 Å². The molecular formula is C14H18NPS. The molecule has 0 bridgehead atoms. The Hall–Kier alpha value is -0.850. The fourth-order valence-electron chi connectivity index (χ4n) is 2.04. The quantitative estimate of drug-likeness (QED) is 0.822. The Morgan fingerprint density at radius 2 is 1.65 bits per heavy atom. The highest BCUT2D eigenvalue weighted by Crippen LogP contribution is 2.55. The molecule has 0 saturated carbocycles. The van der Waals surface area contributed by atoms with Crippen molar-refractivity contribution in [1.29, 1.82) is 0 Å². The lowest BCUT2D eigenvalue weighted by Gasteiger charge is -2.35. The van der Waals surface area contributed by atoms with Gasteiger partial charge in [-0.15, -0.1) is 0 Å². The van der Waals surface area contributed by atoms with Gasteiger partial charge in [0, 0.05) is 12.2 Å². The Morgan fingerprint density at radius 1 is 1.00 bits per heavy atom. The van der Waals surface area contributed by atoms with Gasteiger partial charge in [-0.05, 0) is 22.6 Å². The van der Waals surface area contributed by atoms with E-state index in [-0.39, 0.29) is 5.16 Å². The largest absolute Gasteiger partial charge is 0.360 e. The third-order valence-corrected chi connectivity index (χ3v) is 9.72. The van der Waals surface area contributed by atoms with E-state index in [0.717, 1.165) is 0 Å². The number of hydrogen-bond donors (Lipinski definition) is 1. The molecule has 0 unspecified atom stereocenters. The first-order valence-corrected chi connectivity index (χ1v) is 8.56. The van der Waals surface area contributed by atoms with Crippen molar-refractivity contribution in [1.82, 2.24) is 4.98 Å². The lowest BCUT2D eigenvalue weighted by Crippen LogP contribution is -2.30. The third kappa shape index (κ3) is 2.12. The summed E-state index contributed by atoms with van der Waals surface area (Å²) in [6.07, 6.45) is 1.96. The van der Waals surface area contributed by atoms with Crippen molar-refractivity contribution < 1.29 is 0 Å². The highest BCUT2D eigenvalue weighted by atomic mass is 32.4. The SMILES string of the molecule is CC(C)(C)[P@@](=S)(c1ccccc1)c1ccc[nH]1. The van der Waals surface area contributed by atoms with E-state index >= 15 is 0 Å². The van der Waals surface area contributed by atoms with Gasteiger partial charge in [-0.1, -0.05) is 62.9 Å². The monoisotopic (exact) mass is 263 g/mol. The van der Waals surface area contributed by atoms with Gasteiger partial charge >= 0.3 is 0 Å². The predicted molar refractivity (Wildman–Crippen MR) is 80.5 cm³/mol. The number of H-pyrrole nitrogens is 1. The maximum Gasteiger partial charge on any atom is 0.0532 e. The second kappa shape index (κ2) is 4.44. The second-order valence-corrected chi connectivity index (χ2v) is 10.4. The lowest BCUT2D eigenvalue weighted by atomic mass is 10.3. The zero-order valence-electron chi connectivity index (χ0n) is 10.5. The van der Waals surface area contributed by atoms with Crippen LogP contribution in [0.1, 0.15) is 20.8 Å². The molecule has 0 saturated heterocycles. The first-order chi connectivity index (χ1) is 7.96. The van der Waals surface area contributed by atoms with E-state index in [4.69, 9.17) is 11.8 Å². The summed E-state index contributed by atoms with van der Waals surface area (Å²) in [4.78, 5) is 3.33. The number of benzene rings is 1. The summed E-state index contributed by atoms with van der Waals surface area (Å²) in [6, 6.07) is 12.9. The van der Waals surface area contributed by atoms with E-state index in [9.17, 15) is 0 Å². The van der Waals surface area contributed by atoms with E-state index in [1.165, 1.54) is 10.7 Å². The molecule has 90 valence electrons.